The maximum atomic E-state index is 12.9. The zero-order chi connectivity index (χ0) is 78.6. The number of hydrogen-bond donors (Lipinski definition) is 1. The molecule has 0 amide bonds. The van der Waals surface area contributed by atoms with Gasteiger partial charge in [0.25, 0.3) is 0 Å². The van der Waals surface area contributed by atoms with Gasteiger partial charge in [0.05, 0.1) is 11.8 Å². The Kier molecular flexibility index (Phi) is 84.4. The summed E-state index contributed by atoms with van der Waals surface area (Å²) in [5.74, 6) is -3.35. The van der Waals surface area contributed by atoms with E-state index in [4.69, 9.17) is 33.5 Å². The highest BCUT2D eigenvalue weighted by atomic mass is 16.6. The van der Waals surface area contributed by atoms with Gasteiger partial charge in [0.1, 0.15) is 32.7 Å². The molecule has 0 aliphatic rings. The van der Waals surface area contributed by atoms with Crippen LogP contribution in [0.2, 0.25) is 0 Å². The molecule has 0 aromatic rings. The second kappa shape index (κ2) is 86.0. The van der Waals surface area contributed by atoms with E-state index < -0.39 is 18.2 Å². The molecule has 0 spiro atoms. The Morgan fingerprint density at radius 2 is 0.430 bits per heavy atom. The fourth-order valence-corrected chi connectivity index (χ4v) is 13.7. The van der Waals surface area contributed by atoms with Crippen LogP contribution in [0.15, 0.2) is 0 Å². The predicted molar refractivity (Wildman–Crippen MR) is 442 cm³/mol. The van der Waals surface area contributed by atoms with Crippen molar-refractivity contribution in [2.75, 3.05) is 26.4 Å². The van der Waals surface area contributed by atoms with E-state index in [9.17, 15) is 38.4 Å². The lowest BCUT2D eigenvalue weighted by Gasteiger charge is -2.20. The van der Waals surface area contributed by atoms with Crippen LogP contribution in [0.3, 0.4) is 0 Å². The molecule has 0 aliphatic carbocycles. The second-order valence-electron chi connectivity index (χ2n) is 31.8. The first kappa shape index (κ1) is 105. The average Bonchev–Trinajstić information content (AvgIpc) is 1.09. The minimum absolute atomic E-state index is 0.0987. The first-order valence-corrected chi connectivity index (χ1v) is 45.9. The number of carboxylic acid groups (broad SMARTS) is 1. The molecule has 107 heavy (non-hydrogen) atoms. The van der Waals surface area contributed by atoms with E-state index in [0.717, 1.165) is 141 Å². The summed E-state index contributed by atoms with van der Waals surface area (Å²) in [6, 6.07) is 0. The molecule has 0 rings (SSSR count). The first-order valence-electron chi connectivity index (χ1n) is 45.9. The van der Waals surface area contributed by atoms with Crippen molar-refractivity contribution in [3.8, 4) is 0 Å². The van der Waals surface area contributed by atoms with Gasteiger partial charge in [-0.25, -0.2) is 0 Å². The van der Waals surface area contributed by atoms with Crippen LogP contribution in [-0.4, -0.2) is 91.8 Å². The molecule has 0 saturated heterocycles. The quantitative estimate of drug-likeness (QED) is 0.0260. The molecule has 0 aromatic carbocycles. The Hall–Kier alpha value is -4.04. The SMILES string of the molecule is CCCCCCCCCCCCCCCC(=O)OCC(COC(=O)CCCCCCCCCCCCCCC)OC(=O)C(C)CCCCCCCC(=O)O.CCCCCCCCCCCCCCCC(=O)OCC(COC(=O)CCCCCCCCCCCCCCC)OC(=O)C(C)CCCCCCCC=O. The largest absolute Gasteiger partial charge is 0.481 e. The highest BCUT2D eigenvalue weighted by Crippen LogP contribution is 2.22. The lowest BCUT2D eigenvalue weighted by molar-refractivity contribution is -0.169. The summed E-state index contributed by atoms with van der Waals surface area (Å²) in [6.45, 7) is 12.3. The highest BCUT2D eigenvalue weighted by molar-refractivity contribution is 5.73. The number of hydrogen-bond acceptors (Lipinski definition) is 14. The van der Waals surface area contributed by atoms with Gasteiger partial charge >= 0.3 is 41.8 Å². The van der Waals surface area contributed by atoms with Crippen LogP contribution in [0.4, 0.5) is 0 Å². The molecule has 0 heterocycles. The van der Waals surface area contributed by atoms with Crippen molar-refractivity contribution in [1.82, 2.24) is 0 Å². The molecule has 0 radical (unpaired) electrons. The molecule has 0 fully saturated rings. The van der Waals surface area contributed by atoms with Crippen LogP contribution >= 0.6 is 0 Å². The standard InChI is InChI=1S/C46H86O8.C46H86O7/c1-4-6-8-10-12-14-16-18-20-22-24-29-33-37-44(49)52-39-42(54-46(51)41(3)35-31-27-26-28-32-36-43(47)48)40-53-45(50)38-34-30-25-23-21-19-17-15-13-11-9-7-5-2;1-4-6-8-10-12-14-16-18-20-22-24-29-33-37-44(48)51-40-43(53-46(50)42(3)36-32-28-26-27-31-35-39-47)41-52-45(49)38-34-30-25-23-21-19-17-15-13-11-9-7-5-2/h41-42H,4-40H2,1-3H3,(H,47,48);39,42-43H,4-38,40-41H2,1-3H3. The zero-order valence-corrected chi connectivity index (χ0v) is 70.9. The van der Waals surface area contributed by atoms with Gasteiger partial charge in [0, 0.05) is 38.5 Å². The molecule has 0 aromatic heterocycles. The topological polar surface area (TPSA) is 212 Å². The van der Waals surface area contributed by atoms with E-state index >= 15 is 0 Å². The fraction of sp³-hybridized carbons (Fsp3) is 0.913. The van der Waals surface area contributed by atoms with Crippen molar-refractivity contribution in [2.45, 2.75) is 503 Å². The summed E-state index contributed by atoms with van der Waals surface area (Å²) in [5, 5.41) is 8.78. The normalized spacial score (nSPS) is 11.9. The number of carbonyl (C=O) groups is 8. The Labute approximate surface area is 658 Å². The lowest BCUT2D eigenvalue weighted by Crippen LogP contribution is -2.32. The Morgan fingerprint density at radius 3 is 0.626 bits per heavy atom. The molecule has 0 saturated carbocycles. The van der Waals surface area contributed by atoms with Crippen molar-refractivity contribution in [1.29, 1.82) is 0 Å². The van der Waals surface area contributed by atoms with Crippen molar-refractivity contribution in [3.63, 3.8) is 0 Å². The monoisotopic (exact) mass is 1520 g/mol. The molecule has 1 N–H and O–H groups in total. The smallest absolute Gasteiger partial charge is 0.309 e. The number of esters is 6. The molecular formula is C92H172O15. The molecule has 630 valence electrons. The van der Waals surface area contributed by atoms with Crippen molar-refractivity contribution < 1.29 is 71.9 Å². The van der Waals surface area contributed by atoms with Gasteiger partial charge in [0.15, 0.2) is 12.2 Å². The van der Waals surface area contributed by atoms with E-state index in [-0.39, 0.29) is 80.5 Å². The number of aldehydes is 1. The van der Waals surface area contributed by atoms with E-state index in [0.29, 0.717) is 51.4 Å². The predicted octanol–water partition coefficient (Wildman–Crippen LogP) is 26.9. The summed E-state index contributed by atoms with van der Waals surface area (Å²) < 4.78 is 33.5. The van der Waals surface area contributed by atoms with Crippen LogP contribution in [-0.2, 0) is 66.8 Å². The van der Waals surface area contributed by atoms with Gasteiger partial charge in [-0.15, -0.1) is 0 Å². The maximum Gasteiger partial charge on any atom is 0.309 e. The van der Waals surface area contributed by atoms with Gasteiger partial charge in [-0.3, -0.25) is 33.6 Å². The van der Waals surface area contributed by atoms with Gasteiger partial charge in [0.2, 0.25) is 0 Å². The molecule has 0 aliphatic heterocycles. The Bertz CT molecular complexity index is 1890. The number of rotatable bonds is 84. The summed E-state index contributed by atoms with van der Waals surface area (Å²) in [6.07, 6.45) is 76.6. The number of carboxylic acids is 1. The number of carbonyl (C=O) groups excluding carboxylic acids is 7. The van der Waals surface area contributed by atoms with Gasteiger partial charge < -0.3 is 38.3 Å². The Morgan fingerprint density at radius 1 is 0.252 bits per heavy atom. The molecule has 2 unspecified atom stereocenters. The minimum atomic E-state index is -0.831. The van der Waals surface area contributed by atoms with E-state index in [1.54, 1.807) is 0 Å². The second-order valence-corrected chi connectivity index (χ2v) is 31.8. The third-order valence-electron chi connectivity index (χ3n) is 21.0. The lowest BCUT2D eigenvalue weighted by atomic mass is 10.0. The van der Waals surface area contributed by atoms with E-state index in [1.807, 2.05) is 13.8 Å². The zero-order valence-electron chi connectivity index (χ0n) is 70.9. The van der Waals surface area contributed by atoms with Crippen molar-refractivity contribution >= 4 is 48.1 Å². The van der Waals surface area contributed by atoms with Gasteiger partial charge in [-0.1, -0.05) is 401 Å². The van der Waals surface area contributed by atoms with Crippen molar-refractivity contribution in [2.24, 2.45) is 11.8 Å². The molecule has 15 nitrogen and oxygen atoms in total. The third-order valence-corrected chi connectivity index (χ3v) is 21.0. The van der Waals surface area contributed by atoms with E-state index in [1.165, 1.54) is 257 Å². The number of ether oxygens (including phenoxy) is 6. The molecular weight excluding hydrogens is 1340 g/mol. The summed E-state index contributed by atoms with van der Waals surface area (Å²) in [4.78, 5) is 97.2. The minimum Gasteiger partial charge on any atom is -0.481 e. The fourth-order valence-electron chi connectivity index (χ4n) is 13.7. The number of unbranched alkanes of at least 4 members (excludes halogenated alkanes) is 57. The van der Waals surface area contributed by atoms with Crippen LogP contribution in [0, 0.1) is 11.8 Å². The summed E-state index contributed by atoms with van der Waals surface area (Å²) >= 11 is 0. The van der Waals surface area contributed by atoms with Crippen LogP contribution in [0.1, 0.15) is 491 Å². The molecule has 0 bridgehead atoms. The summed E-state index contributed by atoms with van der Waals surface area (Å²) in [5.41, 5.74) is 0. The number of aliphatic carboxylic acids is 1. The van der Waals surface area contributed by atoms with E-state index in [2.05, 4.69) is 27.7 Å². The molecule has 15 heteroatoms. The summed E-state index contributed by atoms with van der Waals surface area (Å²) in [7, 11) is 0. The highest BCUT2D eigenvalue weighted by Gasteiger charge is 2.25. The maximum absolute atomic E-state index is 12.9. The van der Waals surface area contributed by atoms with Gasteiger partial charge in [-0.2, -0.15) is 0 Å². The van der Waals surface area contributed by atoms with Crippen LogP contribution in [0.25, 0.3) is 0 Å². The van der Waals surface area contributed by atoms with Crippen molar-refractivity contribution in [3.05, 3.63) is 0 Å². The molecule has 2 atom stereocenters. The first-order chi connectivity index (χ1) is 52.2. The van der Waals surface area contributed by atoms with Gasteiger partial charge in [-0.05, 0) is 51.4 Å². The van der Waals surface area contributed by atoms with Crippen LogP contribution < -0.4 is 0 Å². The Balaban J connectivity index is 0. The third kappa shape index (κ3) is 82.7. The van der Waals surface area contributed by atoms with Crippen LogP contribution in [0.5, 0.6) is 0 Å². The average molecular weight is 1520 g/mol.